The summed E-state index contributed by atoms with van der Waals surface area (Å²) in [7, 11) is 0. The smallest absolute Gasteiger partial charge is 0.232 e. The van der Waals surface area contributed by atoms with E-state index in [1.807, 2.05) is 0 Å². The Morgan fingerprint density at radius 1 is 0.562 bits per heavy atom. The van der Waals surface area contributed by atoms with Crippen molar-refractivity contribution in [2.45, 2.75) is 186 Å². The SMILES string of the molecule is Cc1cc2c(c3c1N1c4cc(N(c5ccccc5)c5ccccc5)cc5c4B(c4ccc6c(c41)C3(C)CCC6(C)C)C1SC3C(C1N5c1ccc(C(C)(C)C)cc1)C(C)(C)CCC3(C)C)C(C)(C)CCC2(C)C. The van der Waals surface area contributed by atoms with Crippen LogP contribution < -0.4 is 25.6 Å². The minimum Gasteiger partial charge on any atom is -0.338 e. The molecule has 5 atom stereocenters. The fourth-order valence-corrected chi connectivity index (χ4v) is 18.7. The van der Waals surface area contributed by atoms with Gasteiger partial charge in [-0.3, -0.25) is 0 Å². The number of rotatable bonds is 4. The van der Waals surface area contributed by atoms with Crippen molar-refractivity contribution in [2.75, 3.05) is 14.7 Å². The van der Waals surface area contributed by atoms with Crippen LogP contribution >= 0.6 is 11.8 Å². The third kappa shape index (κ3) is 6.64. The summed E-state index contributed by atoms with van der Waals surface area (Å²) in [6.45, 7) is 38.3. The topological polar surface area (TPSA) is 9.72 Å². The highest BCUT2D eigenvalue weighted by atomic mass is 32.2. The summed E-state index contributed by atoms with van der Waals surface area (Å²) in [6.07, 6.45) is 7.25. The number of benzene rings is 6. The molecule has 4 aliphatic heterocycles. The minimum absolute atomic E-state index is 0.0323. The summed E-state index contributed by atoms with van der Waals surface area (Å²) in [5.41, 5.74) is 25.0. The number of aryl methyl sites for hydroxylation is 1. The van der Waals surface area contributed by atoms with Crippen molar-refractivity contribution in [1.82, 2.24) is 0 Å². The fraction of sp³-hybridized carbons (Fsp3) is 0.471. The maximum absolute atomic E-state index is 2.94. The molecule has 3 nitrogen and oxygen atoms in total. The van der Waals surface area contributed by atoms with E-state index >= 15 is 0 Å². The predicted octanol–water partition coefficient (Wildman–Crippen LogP) is 17.2. The number of fused-ring (bicyclic) bond motifs is 11. The first-order valence-corrected chi connectivity index (χ1v) is 29.1. The van der Waals surface area contributed by atoms with Gasteiger partial charge in [0.2, 0.25) is 6.71 Å². The number of nitrogens with zero attached hydrogens (tertiary/aromatic N) is 3. The molecule has 2 fully saturated rings. The van der Waals surface area contributed by atoms with E-state index < -0.39 is 0 Å². The van der Waals surface area contributed by atoms with Gasteiger partial charge in [0, 0.05) is 56.0 Å². The van der Waals surface area contributed by atoms with Gasteiger partial charge in [0.25, 0.3) is 0 Å². The molecule has 5 unspecified atom stereocenters. The quantitative estimate of drug-likeness (QED) is 0.163. The molecule has 4 heterocycles. The molecule has 0 aromatic heterocycles. The molecular weight excluding hydrogens is 902 g/mol. The Kier molecular flexibility index (Phi) is 10.1. The van der Waals surface area contributed by atoms with E-state index in [9.17, 15) is 0 Å². The minimum atomic E-state index is -0.142. The second-order valence-corrected chi connectivity index (χ2v) is 30.0. The highest BCUT2D eigenvalue weighted by molar-refractivity contribution is 8.02. The Balaban J connectivity index is 1.21. The maximum Gasteiger partial charge on any atom is 0.232 e. The molecule has 73 heavy (non-hydrogen) atoms. The number of anilines is 8. The summed E-state index contributed by atoms with van der Waals surface area (Å²) in [6, 6.07) is 45.9. The number of para-hydroxylation sites is 2. The van der Waals surface area contributed by atoms with Crippen LogP contribution in [0.4, 0.5) is 45.5 Å². The molecule has 7 aliphatic rings. The second kappa shape index (κ2) is 15.4. The molecule has 0 radical (unpaired) electrons. The maximum atomic E-state index is 2.94. The summed E-state index contributed by atoms with van der Waals surface area (Å²) >= 11 is 2.39. The number of thioether (sulfide) groups is 1. The lowest BCUT2D eigenvalue weighted by molar-refractivity contribution is 0.0580. The van der Waals surface area contributed by atoms with Crippen molar-refractivity contribution in [3.05, 3.63) is 154 Å². The molecular formula is C68H80BN3S. The first-order valence-electron chi connectivity index (χ1n) is 28.2. The summed E-state index contributed by atoms with van der Waals surface area (Å²) in [5.74, 6) is 0.490. The summed E-state index contributed by atoms with van der Waals surface area (Å²) < 4.78 is 0. The zero-order chi connectivity index (χ0) is 51.3. The van der Waals surface area contributed by atoms with Crippen molar-refractivity contribution in [3.63, 3.8) is 0 Å². The number of hydrogen-bond donors (Lipinski definition) is 0. The number of hydrogen-bond acceptors (Lipinski definition) is 4. The van der Waals surface area contributed by atoms with Crippen LogP contribution in [0, 0.1) is 23.7 Å². The van der Waals surface area contributed by atoms with Crippen LogP contribution in [-0.2, 0) is 27.1 Å². The zero-order valence-electron chi connectivity index (χ0n) is 46.8. The molecule has 6 aromatic carbocycles. The molecule has 0 amide bonds. The Morgan fingerprint density at radius 2 is 1.15 bits per heavy atom. The van der Waals surface area contributed by atoms with Crippen molar-refractivity contribution >= 4 is 74.9 Å². The normalized spacial score (nSPS) is 26.7. The average Bonchev–Trinajstić information content (AvgIpc) is 3.80. The molecule has 0 spiro atoms. The monoisotopic (exact) mass is 982 g/mol. The molecule has 0 N–H and O–H groups in total. The van der Waals surface area contributed by atoms with Gasteiger partial charge in [-0.05, 0) is 182 Å². The largest absolute Gasteiger partial charge is 0.338 e. The van der Waals surface area contributed by atoms with Crippen LogP contribution in [0.1, 0.15) is 174 Å². The van der Waals surface area contributed by atoms with E-state index in [-0.39, 0.29) is 50.7 Å². The van der Waals surface area contributed by atoms with Crippen molar-refractivity contribution in [2.24, 2.45) is 16.7 Å². The van der Waals surface area contributed by atoms with E-state index in [0.29, 0.717) is 16.3 Å². The highest BCUT2D eigenvalue weighted by Crippen LogP contribution is 2.68. The fourth-order valence-electron chi connectivity index (χ4n) is 16.3. The van der Waals surface area contributed by atoms with Gasteiger partial charge in [-0.25, -0.2) is 0 Å². The van der Waals surface area contributed by atoms with Crippen LogP contribution in [0.2, 0.25) is 0 Å². The summed E-state index contributed by atoms with van der Waals surface area (Å²) in [5, 5.41) is 0.886. The molecule has 1 saturated heterocycles. The van der Waals surface area contributed by atoms with Gasteiger partial charge in [0.15, 0.2) is 0 Å². The first kappa shape index (κ1) is 47.8. The van der Waals surface area contributed by atoms with Gasteiger partial charge in [0.05, 0.1) is 11.4 Å². The van der Waals surface area contributed by atoms with Crippen LogP contribution in [-0.4, -0.2) is 23.2 Å². The molecule has 376 valence electrons. The van der Waals surface area contributed by atoms with Crippen LogP contribution in [0.25, 0.3) is 0 Å². The zero-order valence-corrected chi connectivity index (χ0v) is 47.7. The van der Waals surface area contributed by atoms with Crippen LogP contribution in [0.15, 0.2) is 115 Å². The Bertz CT molecular complexity index is 3210. The average molecular weight is 982 g/mol. The first-order chi connectivity index (χ1) is 34.4. The van der Waals surface area contributed by atoms with E-state index in [0.717, 1.165) is 6.42 Å². The lowest BCUT2D eigenvalue weighted by atomic mass is 9.32. The van der Waals surface area contributed by atoms with Crippen LogP contribution in [0.3, 0.4) is 0 Å². The Hall–Kier alpha value is -4.87. The molecule has 6 aromatic rings. The molecule has 5 heteroatoms. The van der Waals surface area contributed by atoms with Gasteiger partial charge in [-0.1, -0.05) is 164 Å². The predicted molar refractivity (Wildman–Crippen MR) is 316 cm³/mol. The Labute approximate surface area is 444 Å². The lowest BCUT2D eigenvalue weighted by Crippen LogP contribution is -2.68. The molecule has 13 rings (SSSR count). The molecule has 3 aliphatic carbocycles. The van der Waals surface area contributed by atoms with Gasteiger partial charge >= 0.3 is 0 Å². The third-order valence-electron chi connectivity index (χ3n) is 20.6. The van der Waals surface area contributed by atoms with Crippen molar-refractivity contribution in [1.29, 1.82) is 0 Å². The van der Waals surface area contributed by atoms with Gasteiger partial charge in [-0.15, -0.1) is 0 Å². The van der Waals surface area contributed by atoms with E-state index in [1.54, 1.807) is 33.3 Å². The Morgan fingerprint density at radius 3 is 1.79 bits per heavy atom. The van der Waals surface area contributed by atoms with Gasteiger partial charge in [-0.2, -0.15) is 11.8 Å². The van der Waals surface area contributed by atoms with E-state index in [1.165, 1.54) is 94.2 Å². The summed E-state index contributed by atoms with van der Waals surface area (Å²) in [4.78, 5) is 8.41. The lowest BCUT2D eigenvalue weighted by Gasteiger charge is -2.58. The van der Waals surface area contributed by atoms with Crippen molar-refractivity contribution in [3.8, 4) is 0 Å². The standard InChI is InChI=1S/C68H80BN3S/c1-41-38-48-52(65(9,10)33-32-64(48,7)8)54-57(41)72-51-40-46(70(43-22-18-16-19-23-43)44-24-20-17-21-25-44)39-50-56(51)69(49-31-30-47-53(58(49)72)68(54,15)37-36-63(47,5)6)61-59(55-60(73-61)67(13,14)35-34-66(55,11)12)71(50)45-28-26-42(27-29-45)62(2,3)4/h16-31,38-40,55,59-61H,32-37H2,1-15H3. The van der Waals surface area contributed by atoms with Crippen LogP contribution in [0.5, 0.6) is 0 Å². The molecule has 1 saturated carbocycles. The van der Waals surface area contributed by atoms with Gasteiger partial charge < -0.3 is 14.7 Å². The molecule has 0 bridgehead atoms. The highest BCUT2D eigenvalue weighted by Gasteiger charge is 2.66. The third-order valence-corrected chi connectivity index (χ3v) is 22.7. The van der Waals surface area contributed by atoms with Crippen molar-refractivity contribution < 1.29 is 0 Å². The second-order valence-electron chi connectivity index (χ2n) is 28.6. The van der Waals surface area contributed by atoms with E-state index in [2.05, 4.69) is 246 Å². The van der Waals surface area contributed by atoms with E-state index in [4.69, 9.17) is 0 Å². The van der Waals surface area contributed by atoms with Gasteiger partial charge in [0.1, 0.15) is 0 Å².